The number of H-pyrrole nitrogens is 1. The lowest BCUT2D eigenvalue weighted by atomic mass is 10.2. The lowest BCUT2D eigenvalue weighted by Gasteiger charge is -2.15. The summed E-state index contributed by atoms with van der Waals surface area (Å²) in [4.78, 5) is 11.0. The number of hydrogen-bond acceptors (Lipinski definition) is 4. The molecule has 0 aliphatic rings. The van der Waals surface area contributed by atoms with Gasteiger partial charge in [-0.1, -0.05) is 0 Å². The molecule has 0 bridgehead atoms. The predicted octanol–water partition coefficient (Wildman–Crippen LogP) is 0.548. The van der Waals surface area contributed by atoms with Gasteiger partial charge in [-0.3, -0.25) is 4.79 Å². The van der Waals surface area contributed by atoms with Crippen LogP contribution in [0.4, 0.5) is 13.2 Å². The maximum Gasteiger partial charge on any atom is 0.425 e. The summed E-state index contributed by atoms with van der Waals surface area (Å²) in [6.45, 7) is 0.894. The number of aliphatic hydroxyl groups is 1. The van der Waals surface area contributed by atoms with Gasteiger partial charge in [-0.15, -0.1) is 0 Å². The molecule has 2 N–H and O–H groups in total. The van der Waals surface area contributed by atoms with Gasteiger partial charge in [-0.2, -0.15) is 18.3 Å². The summed E-state index contributed by atoms with van der Waals surface area (Å²) in [6, 6.07) is 0. The number of halogens is 3. The Kier molecular flexibility index (Phi) is 3.53. The fraction of sp³-hybridized carbons (Fsp3) is 0.500. The second-order valence-electron chi connectivity index (χ2n) is 3.05. The van der Waals surface area contributed by atoms with E-state index in [-0.39, 0.29) is 0 Å². The van der Waals surface area contributed by atoms with Crippen LogP contribution in [0.25, 0.3) is 0 Å². The highest BCUT2D eigenvalue weighted by Crippen LogP contribution is 2.32. The molecule has 1 unspecified atom stereocenters. The van der Waals surface area contributed by atoms with Crippen molar-refractivity contribution in [2.75, 3.05) is 6.61 Å². The first-order chi connectivity index (χ1) is 7.36. The molecule has 0 aromatic carbocycles. The smallest absolute Gasteiger partial charge is 0.425 e. The number of rotatable bonds is 3. The SMILES string of the molecule is CC(CO)Oc1cn[nH]c(=O)c1C(F)(F)F. The summed E-state index contributed by atoms with van der Waals surface area (Å²) in [5.41, 5.74) is -2.84. The third-order valence-electron chi connectivity index (χ3n) is 1.69. The zero-order valence-corrected chi connectivity index (χ0v) is 8.21. The van der Waals surface area contributed by atoms with E-state index in [2.05, 4.69) is 5.10 Å². The van der Waals surface area contributed by atoms with Gasteiger partial charge in [-0.25, -0.2) is 5.10 Å². The molecule has 16 heavy (non-hydrogen) atoms. The minimum absolute atomic E-state index is 0.468. The van der Waals surface area contributed by atoms with Crippen molar-refractivity contribution in [2.24, 2.45) is 0 Å². The zero-order chi connectivity index (χ0) is 12.3. The van der Waals surface area contributed by atoms with Crippen molar-refractivity contribution in [3.05, 3.63) is 22.1 Å². The number of alkyl halides is 3. The van der Waals surface area contributed by atoms with E-state index >= 15 is 0 Å². The number of aromatic amines is 1. The summed E-state index contributed by atoms with van der Waals surface area (Å²) < 4.78 is 42.2. The average Bonchev–Trinajstić information content (AvgIpc) is 2.15. The Labute approximate surface area is 87.9 Å². The number of nitrogens with one attached hydrogen (secondary N) is 1. The monoisotopic (exact) mass is 238 g/mol. The Balaban J connectivity index is 3.19. The quantitative estimate of drug-likeness (QED) is 0.806. The molecule has 0 radical (unpaired) electrons. The van der Waals surface area contributed by atoms with Crippen molar-refractivity contribution >= 4 is 0 Å². The molecular formula is C8H9F3N2O3. The summed E-state index contributed by atoms with van der Waals surface area (Å²) in [7, 11) is 0. The molecule has 1 heterocycles. The van der Waals surface area contributed by atoms with Gasteiger partial charge in [-0.05, 0) is 6.92 Å². The molecule has 1 rings (SSSR count). The van der Waals surface area contributed by atoms with Crippen LogP contribution in [0.3, 0.4) is 0 Å². The minimum Gasteiger partial charge on any atom is -0.486 e. The van der Waals surface area contributed by atoms with Crippen molar-refractivity contribution in [1.29, 1.82) is 0 Å². The molecule has 1 atom stereocenters. The molecule has 8 heteroatoms. The number of aliphatic hydroxyl groups excluding tert-OH is 1. The van der Waals surface area contributed by atoms with Crippen LogP contribution in [0.2, 0.25) is 0 Å². The molecule has 1 aromatic rings. The average molecular weight is 238 g/mol. The maximum absolute atomic E-state index is 12.5. The van der Waals surface area contributed by atoms with Crippen molar-refractivity contribution in [2.45, 2.75) is 19.2 Å². The Morgan fingerprint density at radius 2 is 2.25 bits per heavy atom. The highest BCUT2D eigenvalue weighted by molar-refractivity contribution is 5.30. The number of aromatic nitrogens is 2. The van der Waals surface area contributed by atoms with E-state index in [1.807, 2.05) is 0 Å². The van der Waals surface area contributed by atoms with Gasteiger partial charge in [0.2, 0.25) is 0 Å². The molecule has 90 valence electrons. The fourth-order valence-corrected chi connectivity index (χ4v) is 0.994. The van der Waals surface area contributed by atoms with Crippen LogP contribution in [0, 0.1) is 0 Å². The molecule has 0 spiro atoms. The summed E-state index contributed by atoms with van der Waals surface area (Å²) in [5, 5.41) is 13.5. The van der Waals surface area contributed by atoms with Crippen LogP contribution in [0.15, 0.2) is 11.0 Å². The topological polar surface area (TPSA) is 75.2 Å². The van der Waals surface area contributed by atoms with Crippen molar-refractivity contribution < 1.29 is 23.0 Å². The van der Waals surface area contributed by atoms with Crippen LogP contribution in [0.1, 0.15) is 12.5 Å². The van der Waals surface area contributed by atoms with E-state index in [0.717, 1.165) is 6.20 Å². The molecule has 0 saturated carbocycles. The van der Waals surface area contributed by atoms with Crippen molar-refractivity contribution in [1.82, 2.24) is 10.2 Å². The van der Waals surface area contributed by atoms with Gasteiger partial charge >= 0.3 is 6.18 Å². The van der Waals surface area contributed by atoms with Crippen molar-refractivity contribution in [3.63, 3.8) is 0 Å². The molecule has 0 aliphatic carbocycles. The maximum atomic E-state index is 12.5. The van der Waals surface area contributed by atoms with Crippen molar-refractivity contribution in [3.8, 4) is 5.75 Å². The molecule has 0 amide bonds. The van der Waals surface area contributed by atoms with E-state index in [0.29, 0.717) is 0 Å². The normalized spacial score (nSPS) is 13.6. The standard InChI is InChI=1S/C8H9F3N2O3/c1-4(3-14)16-5-2-12-13-7(15)6(5)8(9,10)11/h2,4,14H,3H2,1H3,(H,13,15). The zero-order valence-electron chi connectivity index (χ0n) is 8.21. The lowest BCUT2D eigenvalue weighted by Crippen LogP contribution is -2.26. The third-order valence-corrected chi connectivity index (χ3v) is 1.69. The third kappa shape index (κ3) is 2.72. The van der Waals surface area contributed by atoms with E-state index in [9.17, 15) is 18.0 Å². The lowest BCUT2D eigenvalue weighted by molar-refractivity contribution is -0.140. The first-order valence-electron chi connectivity index (χ1n) is 4.28. The minimum atomic E-state index is -4.83. The first-order valence-corrected chi connectivity index (χ1v) is 4.28. The van der Waals surface area contributed by atoms with Crippen LogP contribution in [-0.4, -0.2) is 28.0 Å². The van der Waals surface area contributed by atoms with E-state index in [1.165, 1.54) is 6.92 Å². The predicted molar refractivity (Wildman–Crippen MR) is 47.0 cm³/mol. The van der Waals surface area contributed by atoms with Crippen LogP contribution in [-0.2, 0) is 6.18 Å². The summed E-state index contributed by atoms with van der Waals surface area (Å²) in [6.07, 6.45) is -4.94. The fourth-order valence-electron chi connectivity index (χ4n) is 0.994. The van der Waals surface area contributed by atoms with E-state index in [4.69, 9.17) is 9.84 Å². The van der Waals surface area contributed by atoms with E-state index in [1.54, 1.807) is 5.10 Å². The van der Waals surface area contributed by atoms with Gasteiger partial charge in [0.15, 0.2) is 11.3 Å². The summed E-state index contributed by atoms with van der Waals surface area (Å²) in [5.74, 6) is -0.696. The molecule has 0 aliphatic heterocycles. The van der Waals surface area contributed by atoms with Crippen LogP contribution in [0.5, 0.6) is 5.75 Å². The highest BCUT2D eigenvalue weighted by Gasteiger charge is 2.38. The largest absolute Gasteiger partial charge is 0.486 e. The Bertz CT molecular complexity index is 416. The Hall–Kier alpha value is -1.57. The van der Waals surface area contributed by atoms with Crippen LogP contribution >= 0.6 is 0 Å². The highest BCUT2D eigenvalue weighted by atomic mass is 19.4. The van der Waals surface area contributed by atoms with Gasteiger partial charge in [0.25, 0.3) is 5.56 Å². The molecule has 0 fully saturated rings. The second kappa shape index (κ2) is 4.52. The van der Waals surface area contributed by atoms with Crippen LogP contribution < -0.4 is 10.3 Å². The first kappa shape index (κ1) is 12.5. The molecular weight excluding hydrogens is 229 g/mol. The van der Waals surface area contributed by atoms with Gasteiger partial charge in [0.05, 0.1) is 12.8 Å². The molecule has 0 saturated heterocycles. The summed E-state index contributed by atoms with van der Waals surface area (Å²) >= 11 is 0. The Morgan fingerprint density at radius 3 is 2.75 bits per heavy atom. The molecule has 1 aromatic heterocycles. The number of ether oxygens (including phenoxy) is 1. The number of hydrogen-bond donors (Lipinski definition) is 2. The van der Waals surface area contributed by atoms with E-state index < -0.39 is 35.8 Å². The van der Waals surface area contributed by atoms with Gasteiger partial charge < -0.3 is 9.84 Å². The van der Waals surface area contributed by atoms with Gasteiger partial charge in [0, 0.05) is 0 Å². The number of nitrogens with zero attached hydrogens (tertiary/aromatic N) is 1. The van der Waals surface area contributed by atoms with Gasteiger partial charge in [0.1, 0.15) is 6.10 Å². The molecule has 5 nitrogen and oxygen atoms in total. The second-order valence-corrected chi connectivity index (χ2v) is 3.05. The Morgan fingerprint density at radius 1 is 1.62 bits per heavy atom.